The number of halogens is 2. The van der Waals surface area contributed by atoms with Crippen LogP contribution in [-0.4, -0.2) is 42.5 Å². The molecule has 1 aliphatic rings. The van der Waals surface area contributed by atoms with E-state index in [-0.39, 0.29) is 35.9 Å². The van der Waals surface area contributed by atoms with Gasteiger partial charge in [0.25, 0.3) is 11.8 Å². The first-order valence-corrected chi connectivity index (χ1v) is 9.58. The zero-order valence-corrected chi connectivity index (χ0v) is 15.6. The fourth-order valence-electron chi connectivity index (χ4n) is 3.14. The van der Waals surface area contributed by atoms with Crippen molar-refractivity contribution in [3.05, 3.63) is 57.9 Å². The van der Waals surface area contributed by atoms with Crippen molar-refractivity contribution < 1.29 is 18.1 Å². The summed E-state index contributed by atoms with van der Waals surface area (Å²) in [5.41, 5.74) is 1.22. The van der Waals surface area contributed by atoms with E-state index in [2.05, 4.69) is 20.5 Å². The van der Waals surface area contributed by atoms with Crippen LogP contribution < -0.4 is 0 Å². The molecule has 29 heavy (non-hydrogen) atoms. The Morgan fingerprint density at radius 2 is 2.10 bits per heavy atom. The van der Waals surface area contributed by atoms with Crippen LogP contribution in [-0.2, 0) is 13.1 Å². The van der Waals surface area contributed by atoms with E-state index in [1.54, 1.807) is 0 Å². The highest BCUT2D eigenvalue weighted by Crippen LogP contribution is 2.27. The number of rotatable bonds is 4. The molecule has 5 rings (SSSR count). The molecule has 0 fully saturated rings. The lowest BCUT2D eigenvalue weighted by atomic mass is 10.1. The highest BCUT2D eigenvalue weighted by Gasteiger charge is 2.33. The average molecular weight is 414 g/mol. The Hall–Kier alpha value is -3.47. The van der Waals surface area contributed by atoms with Crippen molar-refractivity contribution in [2.75, 3.05) is 6.54 Å². The van der Waals surface area contributed by atoms with Crippen LogP contribution in [0.4, 0.5) is 8.78 Å². The van der Waals surface area contributed by atoms with Crippen molar-refractivity contribution in [2.24, 2.45) is 0 Å². The molecule has 0 aliphatic carbocycles. The molecular formula is C18H12F2N6O2S. The summed E-state index contributed by atoms with van der Waals surface area (Å²) in [5.74, 6) is -1.11. The molecule has 0 atom stereocenters. The summed E-state index contributed by atoms with van der Waals surface area (Å²) >= 11 is 1.50. The third-order valence-electron chi connectivity index (χ3n) is 4.58. The average Bonchev–Trinajstić information content (AvgIpc) is 3.45. The summed E-state index contributed by atoms with van der Waals surface area (Å²) in [6.45, 7) is 0.572. The lowest BCUT2D eigenvalue weighted by Crippen LogP contribution is -2.40. The van der Waals surface area contributed by atoms with Gasteiger partial charge in [-0.1, -0.05) is 10.4 Å². The lowest BCUT2D eigenvalue weighted by Gasteiger charge is -2.27. The second kappa shape index (κ2) is 6.85. The molecule has 11 heteroatoms. The van der Waals surface area contributed by atoms with E-state index in [1.807, 2.05) is 16.8 Å². The number of nitrogens with zero attached hydrogens (tertiary/aromatic N) is 6. The van der Waals surface area contributed by atoms with E-state index in [1.165, 1.54) is 20.9 Å². The second-order valence-corrected chi connectivity index (χ2v) is 7.19. The Morgan fingerprint density at radius 1 is 1.21 bits per heavy atom. The van der Waals surface area contributed by atoms with Gasteiger partial charge in [0.05, 0.1) is 6.54 Å². The van der Waals surface area contributed by atoms with Crippen LogP contribution in [0.1, 0.15) is 16.1 Å². The highest BCUT2D eigenvalue weighted by atomic mass is 32.1. The van der Waals surface area contributed by atoms with Crippen LogP contribution in [0.2, 0.25) is 0 Å². The van der Waals surface area contributed by atoms with Crippen LogP contribution in [0.5, 0.6) is 0 Å². The van der Waals surface area contributed by atoms with Gasteiger partial charge in [-0.05, 0) is 29.6 Å². The molecule has 1 aliphatic heterocycles. The summed E-state index contributed by atoms with van der Waals surface area (Å²) in [6, 6.07) is 5.01. The van der Waals surface area contributed by atoms with Crippen LogP contribution >= 0.6 is 11.3 Å². The minimum Gasteiger partial charge on any atom is -0.332 e. The molecule has 0 saturated heterocycles. The largest absolute Gasteiger partial charge is 0.332 e. The first-order chi connectivity index (χ1) is 14.1. The van der Waals surface area contributed by atoms with Crippen molar-refractivity contribution in [1.29, 1.82) is 0 Å². The maximum atomic E-state index is 14.0. The van der Waals surface area contributed by atoms with Crippen molar-refractivity contribution in [3.8, 4) is 23.0 Å². The van der Waals surface area contributed by atoms with Crippen molar-refractivity contribution in [3.63, 3.8) is 0 Å². The van der Waals surface area contributed by atoms with Gasteiger partial charge >= 0.3 is 0 Å². The number of hydrogen-bond acceptors (Lipinski definition) is 7. The quantitative estimate of drug-likeness (QED) is 0.510. The van der Waals surface area contributed by atoms with Gasteiger partial charge in [0.1, 0.15) is 11.6 Å². The van der Waals surface area contributed by atoms with Crippen molar-refractivity contribution in [2.45, 2.75) is 13.1 Å². The molecule has 4 heterocycles. The topological polar surface area (TPSA) is 89.9 Å². The SMILES string of the molecule is O=C1c2c(-c3nc(-c4ccsc4)no3)nnn2CCN1Cc1cc(F)ccc1F. The Bertz CT molecular complexity index is 1200. The van der Waals surface area contributed by atoms with Gasteiger partial charge in [-0.15, -0.1) is 5.10 Å². The monoisotopic (exact) mass is 414 g/mol. The molecule has 8 nitrogen and oxygen atoms in total. The van der Waals surface area contributed by atoms with Gasteiger partial charge in [0, 0.05) is 29.6 Å². The van der Waals surface area contributed by atoms with Gasteiger partial charge in [-0.2, -0.15) is 16.3 Å². The van der Waals surface area contributed by atoms with E-state index in [0.717, 1.165) is 23.8 Å². The predicted molar refractivity (Wildman–Crippen MR) is 97.7 cm³/mol. The first-order valence-electron chi connectivity index (χ1n) is 8.63. The number of aromatic nitrogens is 5. The molecule has 1 aromatic carbocycles. The van der Waals surface area contributed by atoms with Crippen LogP contribution in [0.3, 0.4) is 0 Å². The van der Waals surface area contributed by atoms with E-state index in [0.29, 0.717) is 12.4 Å². The molecule has 1 amide bonds. The van der Waals surface area contributed by atoms with Crippen molar-refractivity contribution >= 4 is 17.2 Å². The normalized spacial score (nSPS) is 13.7. The maximum absolute atomic E-state index is 14.0. The van der Waals surface area contributed by atoms with Gasteiger partial charge < -0.3 is 9.42 Å². The van der Waals surface area contributed by atoms with Crippen LogP contribution in [0.15, 0.2) is 39.5 Å². The van der Waals surface area contributed by atoms with Gasteiger partial charge in [0.15, 0.2) is 11.4 Å². The van der Waals surface area contributed by atoms with E-state index in [9.17, 15) is 13.6 Å². The molecule has 146 valence electrons. The third kappa shape index (κ3) is 3.09. The predicted octanol–water partition coefficient (Wildman–Crippen LogP) is 2.99. The third-order valence-corrected chi connectivity index (χ3v) is 5.27. The standard InChI is InChI=1S/C18H12F2N6O2S/c19-12-1-2-13(20)11(7-12)8-25-4-5-26-15(18(25)27)14(22-24-26)17-21-16(23-28-17)10-3-6-29-9-10/h1-3,6-7,9H,4-5,8H2. The highest BCUT2D eigenvalue weighted by molar-refractivity contribution is 7.08. The van der Waals surface area contributed by atoms with Crippen LogP contribution in [0.25, 0.3) is 23.0 Å². The number of fused-ring (bicyclic) bond motifs is 1. The number of carbonyl (C=O) groups excluding carboxylic acids is 1. The zero-order valence-electron chi connectivity index (χ0n) is 14.7. The lowest BCUT2D eigenvalue weighted by molar-refractivity contribution is 0.0682. The smallest absolute Gasteiger partial charge is 0.281 e. The Kier molecular flexibility index (Phi) is 4.16. The summed E-state index contributed by atoms with van der Waals surface area (Å²) in [5, 5.41) is 15.7. The Morgan fingerprint density at radius 3 is 2.93 bits per heavy atom. The molecule has 0 radical (unpaired) electrons. The second-order valence-electron chi connectivity index (χ2n) is 6.41. The number of carbonyl (C=O) groups is 1. The molecule has 0 spiro atoms. The fourth-order valence-corrected chi connectivity index (χ4v) is 3.78. The van der Waals surface area contributed by atoms with Gasteiger partial charge in [0.2, 0.25) is 5.82 Å². The first kappa shape index (κ1) is 17.6. The number of hydrogen-bond donors (Lipinski definition) is 0. The van der Waals surface area contributed by atoms with Crippen LogP contribution in [0, 0.1) is 11.6 Å². The Labute approximate surface area is 166 Å². The number of thiophene rings is 1. The summed E-state index contributed by atoms with van der Waals surface area (Å²) < 4.78 is 34.2. The minimum absolute atomic E-state index is 0.0691. The molecule has 4 aromatic rings. The fraction of sp³-hybridized carbons (Fsp3) is 0.167. The van der Waals surface area contributed by atoms with Gasteiger partial charge in [-0.25, -0.2) is 13.5 Å². The van der Waals surface area contributed by atoms with E-state index in [4.69, 9.17) is 4.52 Å². The molecule has 3 aromatic heterocycles. The zero-order chi connectivity index (χ0) is 20.0. The summed E-state index contributed by atoms with van der Waals surface area (Å²) in [6.07, 6.45) is 0. The molecular weight excluding hydrogens is 402 g/mol. The maximum Gasteiger partial charge on any atom is 0.281 e. The Balaban J connectivity index is 1.46. The van der Waals surface area contributed by atoms with Gasteiger partial charge in [-0.3, -0.25) is 4.79 Å². The minimum atomic E-state index is -0.575. The molecule has 0 saturated carbocycles. The molecule has 0 N–H and O–H groups in total. The molecule has 0 bridgehead atoms. The van der Waals surface area contributed by atoms with Crippen molar-refractivity contribution in [1.82, 2.24) is 30.0 Å². The summed E-state index contributed by atoms with van der Waals surface area (Å²) in [7, 11) is 0. The molecule has 0 unspecified atom stereocenters. The summed E-state index contributed by atoms with van der Waals surface area (Å²) in [4.78, 5) is 18.7. The van der Waals surface area contributed by atoms with E-state index < -0.39 is 17.5 Å². The van der Waals surface area contributed by atoms with E-state index >= 15 is 0 Å². The number of benzene rings is 1. The number of amides is 1.